The van der Waals surface area contributed by atoms with Crippen molar-refractivity contribution in [2.24, 2.45) is 5.92 Å². The second kappa shape index (κ2) is 5.18. The van der Waals surface area contributed by atoms with Gasteiger partial charge in [-0.25, -0.2) is 4.79 Å². The van der Waals surface area contributed by atoms with Crippen molar-refractivity contribution >= 4 is 12.0 Å². The van der Waals surface area contributed by atoms with Gasteiger partial charge >= 0.3 is 12.0 Å². The molecule has 0 aromatic carbocycles. The molecule has 0 radical (unpaired) electrons. The number of carboxylic acids is 1. The maximum atomic E-state index is 12.0. The topological polar surface area (TPSA) is 60.9 Å². The number of amides is 2. The summed E-state index contributed by atoms with van der Waals surface area (Å²) in [5.41, 5.74) is 0. The molecule has 0 saturated carbocycles. The molecule has 5 heteroatoms. The number of hydrogen-bond donors (Lipinski definition) is 1. The van der Waals surface area contributed by atoms with E-state index in [0.29, 0.717) is 19.5 Å². The SMILES string of the molecule is CCN(C)C(=O)N1CCC[C@H](C(=O)O)[C@@H]1C. The quantitative estimate of drug-likeness (QED) is 0.773. The van der Waals surface area contributed by atoms with Crippen molar-refractivity contribution < 1.29 is 14.7 Å². The van der Waals surface area contributed by atoms with E-state index in [4.69, 9.17) is 5.11 Å². The van der Waals surface area contributed by atoms with Crippen LogP contribution in [0.25, 0.3) is 0 Å². The Morgan fingerprint density at radius 1 is 1.50 bits per heavy atom. The first-order valence-corrected chi connectivity index (χ1v) is 5.73. The molecule has 92 valence electrons. The summed E-state index contributed by atoms with van der Waals surface area (Å²) in [6.07, 6.45) is 1.43. The van der Waals surface area contributed by atoms with Crippen LogP contribution < -0.4 is 0 Å². The van der Waals surface area contributed by atoms with Crippen LogP contribution in [0.2, 0.25) is 0 Å². The number of piperidine rings is 1. The zero-order chi connectivity index (χ0) is 12.3. The summed E-state index contributed by atoms with van der Waals surface area (Å²) >= 11 is 0. The van der Waals surface area contributed by atoms with E-state index in [0.717, 1.165) is 6.42 Å². The Hall–Kier alpha value is -1.26. The number of carbonyl (C=O) groups excluding carboxylic acids is 1. The predicted octanol–water partition coefficient (Wildman–Crippen LogP) is 1.24. The maximum Gasteiger partial charge on any atom is 0.319 e. The average molecular weight is 228 g/mol. The van der Waals surface area contributed by atoms with Gasteiger partial charge in [0.2, 0.25) is 0 Å². The number of carbonyl (C=O) groups is 2. The molecule has 2 atom stereocenters. The van der Waals surface area contributed by atoms with Gasteiger partial charge in [0, 0.05) is 26.2 Å². The number of carboxylic acid groups (broad SMARTS) is 1. The smallest absolute Gasteiger partial charge is 0.319 e. The second-order valence-corrected chi connectivity index (χ2v) is 4.32. The van der Waals surface area contributed by atoms with E-state index < -0.39 is 11.9 Å². The summed E-state index contributed by atoms with van der Waals surface area (Å²) < 4.78 is 0. The first kappa shape index (κ1) is 12.8. The fourth-order valence-electron chi connectivity index (χ4n) is 2.10. The molecule has 0 aromatic heterocycles. The van der Waals surface area contributed by atoms with E-state index in [2.05, 4.69) is 0 Å². The lowest BCUT2D eigenvalue weighted by Gasteiger charge is -2.39. The lowest BCUT2D eigenvalue weighted by atomic mass is 9.90. The third-order valence-electron chi connectivity index (χ3n) is 3.35. The van der Waals surface area contributed by atoms with Crippen molar-refractivity contribution in [3.05, 3.63) is 0 Å². The third-order valence-corrected chi connectivity index (χ3v) is 3.35. The molecule has 0 spiro atoms. The lowest BCUT2D eigenvalue weighted by molar-refractivity contribution is -0.145. The summed E-state index contributed by atoms with van der Waals surface area (Å²) in [4.78, 5) is 26.3. The van der Waals surface area contributed by atoms with Gasteiger partial charge in [0.15, 0.2) is 0 Å². The average Bonchev–Trinajstić information content (AvgIpc) is 2.27. The highest BCUT2D eigenvalue weighted by atomic mass is 16.4. The summed E-state index contributed by atoms with van der Waals surface area (Å²) in [6.45, 7) is 5.02. The molecule has 1 saturated heterocycles. The molecule has 1 heterocycles. The normalized spacial score (nSPS) is 25.3. The minimum absolute atomic E-state index is 0.0686. The lowest BCUT2D eigenvalue weighted by Crippen LogP contribution is -2.52. The molecule has 16 heavy (non-hydrogen) atoms. The number of likely N-dealkylation sites (tertiary alicyclic amines) is 1. The molecule has 0 aromatic rings. The van der Waals surface area contributed by atoms with Crippen LogP contribution in [0.1, 0.15) is 26.7 Å². The molecule has 2 amide bonds. The van der Waals surface area contributed by atoms with Crippen molar-refractivity contribution in [3.8, 4) is 0 Å². The van der Waals surface area contributed by atoms with Gasteiger partial charge in [-0.3, -0.25) is 4.79 Å². The van der Waals surface area contributed by atoms with Gasteiger partial charge in [0.05, 0.1) is 5.92 Å². The van der Waals surface area contributed by atoms with Gasteiger partial charge in [-0.15, -0.1) is 0 Å². The van der Waals surface area contributed by atoms with Crippen molar-refractivity contribution in [2.45, 2.75) is 32.7 Å². The van der Waals surface area contributed by atoms with Crippen LogP contribution in [0.5, 0.6) is 0 Å². The van der Waals surface area contributed by atoms with Crippen LogP contribution in [0.4, 0.5) is 4.79 Å². The number of aliphatic carboxylic acids is 1. The van der Waals surface area contributed by atoms with Gasteiger partial charge in [0.25, 0.3) is 0 Å². The summed E-state index contributed by atoms with van der Waals surface area (Å²) in [7, 11) is 1.74. The van der Waals surface area contributed by atoms with Crippen molar-refractivity contribution in [1.29, 1.82) is 0 Å². The first-order chi connectivity index (χ1) is 7.49. The molecule has 1 aliphatic rings. The number of urea groups is 1. The highest BCUT2D eigenvalue weighted by Crippen LogP contribution is 2.24. The Labute approximate surface area is 96.0 Å². The van der Waals surface area contributed by atoms with Gasteiger partial charge in [-0.05, 0) is 26.7 Å². The fourth-order valence-corrected chi connectivity index (χ4v) is 2.10. The maximum absolute atomic E-state index is 12.0. The second-order valence-electron chi connectivity index (χ2n) is 4.32. The molecule has 1 rings (SSSR count). The molecule has 0 bridgehead atoms. The standard InChI is InChI=1S/C11H20N2O3/c1-4-12(3)11(16)13-7-5-6-9(8(13)2)10(14)15/h8-9H,4-7H2,1-3H3,(H,14,15)/t8-,9-/m0/s1. The van der Waals surface area contributed by atoms with E-state index in [9.17, 15) is 9.59 Å². The zero-order valence-electron chi connectivity index (χ0n) is 10.1. The molecule has 5 nitrogen and oxygen atoms in total. The van der Waals surface area contributed by atoms with Gasteiger partial charge in [-0.1, -0.05) is 0 Å². The highest BCUT2D eigenvalue weighted by molar-refractivity contribution is 5.77. The number of nitrogens with zero attached hydrogens (tertiary/aromatic N) is 2. The van der Waals surface area contributed by atoms with Gasteiger partial charge < -0.3 is 14.9 Å². The molecule has 1 fully saturated rings. The van der Waals surface area contributed by atoms with Crippen LogP contribution in [-0.4, -0.2) is 53.1 Å². The summed E-state index contributed by atoms with van der Waals surface area (Å²) in [5, 5.41) is 9.05. The summed E-state index contributed by atoms with van der Waals surface area (Å²) in [6, 6.07) is -0.284. The number of rotatable bonds is 2. The Balaban J connectivity index is 2.73. The van der Waals surface area contributed by atoms with Gasteiger partial charge in [-0.2, -0.15) is 0 Å². The molecular formula is C11H20N2O3. The summed E-state index contributed by atoms with van der Waals surface area (Å²) in [5.74, 6) is -1.23. The molecule has 1 aliphatic heterocycles. The van der Waals surface area contributed by atoms with E-state index in [1.807, 2.05) is 13.8 Å². The van der Waals surface area contributed by atoms with Crippen molar-refractivity contribution in [1.82, 2.24) is 9.80 Å². The molecule has 1 N–H and O–H groups in total. The largest absolute Gasteiger partial charge is 0.481 e. The van der Waals surface area contributed by atoms with Crippen molar-refractivity contribution in [2.75, 3.05) is 20.1 Å². The monoisotopic (exact) mass is 228 g/mol. The number of hydrogen-bond acceptors (Lipinski definition) is 2. The minimum atomic E-state index is -0.802. The third kappa shape index (κ3) is 2.46. The zero-order valence-corrected chi connectivity index (χ0v) is 10.1. The molecule has 0 unspecified atom stereocenters. The Morgan fingerprint density at radius 3 is 2.62 bits per heavy atom. The molecular weight excluding hydrogens is 208 g/mol. The molecule has 0 aliphatic carbocycles. The van der Waals surface area contributed by atoms with E-state index in [1.54, 1.807) is 16.8 Å². The van der Waals surface area contributed by atoms with Crippen LogP contribution in [0.15, 0.2) is 0 Å². The van der Waals surface area contributed by atoms with E-state index in [-0.39, 0.29) is 12.1 Å². The van der Waals surface area contributed by atoms with Crippen LogP contribution in [-0.2, 0) is 4.79 Å². The van der Waals surface area contributed by atoms with Crippen LogP contribution in [0.3, 0.4) is 0 Å². The van der Waals surface area contributed by atoms with Crippen LogP contribution in [0, 0.1) is 5.92 Å². The van der Waals surface area contributed by atoms with E-state index >= 15 is 0 Å². The van der Waals surface area contributed by atoms with Crippen LogP contribution >= 0.6 is 0 Å². The predicted molar refractivity (Wildman–Crippen MR) is 60.2 cm³/mol. The van der Waals surface area contributed by atoms with Crippen molar-refractivity contribution in [3.63, 3.8) is 0 Å². The van der Waals surface area contributed by atoms with Gasteiger partial charge in [0.1, 0.15) is 0 Å². The Morgan fingerprint density at radius 2 is 2.12 bits per heavy atom. The van der Waals surface area contributed by atoms with E-state index in [1.165, 1.54) is 0 Å². The Bertz CT molecular complexity index is 280. The highest BCUT2D eigenvalue weighted by Gasteiger charge is 2.35. The minimum Gasteiger partial charge on any atom is -0.481 e. The first-order valence-electron chi connectivity index (χ1n) is 5.73. The fraction of sp³-hybridized carbons (Fsp3) is 0.818. The Kier molecular flexibility index (Phi) is 4.15.